The third-order valence-electron chi connectivity index (χ3n) is 4.46. The number of carbonyl (C=O) groups excluding carboxylic acids is 1. The Bertz CT molecular complexity index is 895. The van der Waals surface area contributed by atoms with E-state index >= 15 is 0 Å². The average molecular weight is 317 g/mol. The second-order valence-corrected chi connectivity index (χ2v) is 5.97. The van der Waals surface area contributed by atoms with Gasteiger partial charge in [-0.1, -0.05) is 42.5 Å². The highest BCUT2D eigenvalue weighted by Gasteiger charge is 2.19. The maximum atomic E-state index is 12.4. The van der Waals surface area contributed by atoms with Crippen molar-refractivity contribution in [2.75, 3.05) is 18.4 Å². The molecule has 0 saturated heterocycles. The number of fused-ring (bicyclic) bond motifs is 1. The van der Waals surface area contributed by atoms with E-state index in [1.54, 1.807) is 0 Å². The summed E-state index contributed by atoms with van der Waals surface area (Å²) in [6, 6.07) is 17.8. The molecule has 2 aromatic carbocycles. The van der Waals surface area contributed by atoms with Gasteiger partial charge in [0, 0.05) is 41.4 Å². The standard InChI is InChI=1S/C20H19N3O/c24-20(22-16-6-2-1-3-7-16)23-12-10-15(11-13-23)18-14-21-19-9-5-4-8-17(18)19/h1-10,14,21H,11-13H2,(H,22,24). The van der Waals surface area contributed by atoms with E-state index in [0.29, 0.717) is 6.54 Å². The number of aromatic nitrogens is 1. The van der Waals surface area contributed by atoms with Gasteiger partial charge in [-0.2, -0.15) is 0 Å². The van der Waals surface area contributed by atoms with Gasteiger partial charge in [-0.3, -0.25) is 0 Å². The Morgan fingerprint density at radius 2 is 1.83 bits per heavy atom. The first-order valence-corrected chi connectivity index (χ1v) is 8.18. The van der Waals surface area contributed by atoms with Crippen LogP contribution in [0.15, 0.2) is 66.9 Å². The summed E-state index contributed by atoms with van der Waals surface area (Å²) in [4.78, 5) is 17.5. The summed E-state index contributed by atoms with van der Waals surface area (Å²) in [5.41, 5.74) is 4.52. The van der Waals surface area contributed by atoms with Crippen LogP contribution in [0.5, 0.6) is 0 Å². The van der Waals surface area contributed by atoms with Gasteiger partial charge in [0.15, 0.2) is 0 Å². The van der Waals surface area contributed by atoms with Gasteiger partial charge >= 0.3 is 6.03 Å². The monoisotopic (exact) mass is 317 g/mol. The molecule has 1 aliphatic rings. The number of urea groups is 1. The molecule has 0 atom stereocenters. The van der Waals surface area contributed by atoms with Gasteiger partial charge < -0.3 is 15.2 Å². The Hall–Kier alpha value is -3.01. The van der Waals surface area contributed by atoms with Crippen molar-refractivity contribution in [3.05, 3.63) is 72.4 Å². The number of nitrogens with one attached hydrogen (secondary N) is 2. The van der Waals surface area contributed by atoms with Crippen LogP contribution in [-0.2, 0) is 0 Å². The number of aromatic amines is 1. The maximum Gasteiger partial charge on any atom is 0.322 e. The van der Waals surface area contributed by atoms with Crippen molar-refractivity contribution < 1.29 is 4.79 Å². The smallest absolute Gasteiger partial charge is 0.322 e. The molecule has 120 valence electrons. The summed E-state index contributed by atoms with van der Waals surface area (Å²) >= 11 is 0. The van der Waals surface area contributed by atoms with E-state index in [-0.39, 0.29) is 6.03 Å². The molecule has 0 unspecified atom stereocenters. The topological polar surface area (TPSA) is 48.1 Å². The first kappa shape index (κ1) is 14.6. The van der Waals surface area contributed by atoms with Crippen molar-refractivity contribution in [2.45, 2.75) is 6.42 Å². The molecule has 4 nitrogen and oxygen atoms in total. The predicted molar refractivity (Wildman–Crippen MR) is 97.9 cm³/mol. The molecule has 1 aromatic heterocycles. The first-order valence-electron chi connectivity index (χ1n) is 8.18. The van der Waals surface area contributed by atoms with Gasteiger partial charge in [-0.05, 0) is 30.2 Å². The van der Waals surface area contributed by atoms with Gasteiger partial charge in [-0.25, -0.2) is 4.79 Å². The molecule has 2 amide bonds. The number of para-hydroxylation sites is 2. The van der Waals surface area contributed by atoms with E-state index < -0.39 is 0 Å². The van der Waals surface area contributed by atoms with Crippen molar-refractivity contribution in [3.8, 4) is 0 Å². The molecule has 4 rings (SSSR count). The molecule has 3 aromatic rings. The van der Waals surface area contributed by atoms with Crippen LogP contribution in [0.4, 0.5) is 10.5 Å². The summed E-state index contributed by atoms with van der Waals surface area (Å²) in [6.45, 7) is 1.36. The van der Waals surface area contributed by atoms with Crippen molar-refractivity contribution in [3.63, 3.8) is 0 Å². The van der Waals surface area contributed by atoms with E-state index in [9.17, 15) is 4.79 Å². The van der Waals surface area contributed by atoms with Crippen LogP contribution in [0.2, 0.25) is 0 Å². The minimum atomic E-state index is -0.0459. The van der Waals surface area contributed by atoms with E-state index in [4.69, 9.17) is 0 Å². The average Bonchev–Trinajstić information content (AvgIpc) is 3.07. The molecule has 24 heavy (non-hydrogen) atoms. The molecule has 1 aliphatic heterocycles. The fourth-order valence-electron chi connectivity index (χ4n) is 3.16. The normalized spacial score (nSPS) is 14.5. The predicted octanol–water partition coefficient (Wildman–Crippen LogP) is 4.49. The van der Waals surface area contributed by atoms with Crippen molar-refractivity contribution in [1.82, 2.24) is 9.88 Å². The highest BCUT2D eigenvalue weighted by Crippen LogP contribution is 2.29. The number of benzene rings is 2. The fourth-order valence-corrected chi connectivity index (χ4v) is 3.16. The van der Waals surface area contributed by atoms with Crippen LogP contribution in [0.3, 0.4) is 0 Å². The zero-order valence-electron chi connectivity index (χ0n) is 13.3. The molecule has 4 heteroatoms. The highest BCUT2D eigenvalue weighted by molar-refractivity contribution is 5.94. The molecular formula is C20H19N3O. The molecule has 0 bridgehead atoms. The molecule has 0 fully saturated rings. The van der Waals surface area contributed by atoms with E-state index in [1.807, 2.05) is 41.3 Å². The van der Waals surface area contributed by atoms with Gasteiger partial charge in [-0.15, -0.1) is 0 Å². The maximum absolute atomic E-state index is 12.4. The van der Waals surface area contributed by atoms with Crippen LogP contribution in [0, 0.1) is 0 Å². The van der Waals surface area contributed by atoms with Crippen LogP contribution < -0.4 is 5.32 Å². The lowest BCUT2D eigenvalue weighted by Crippen LogP contribution is -2.37. The van der Waals surface area contributed by atoms with Gasteiger partial charge in [0.2, 0.25) is 0 Å². The van der Waals surface area contributed by atoms with Crippen LogP contribution in [0.1, 0.15) is 12.0 Å². The van der Waals surface area contributed by atoms with Crippen LogP contribution >= 0.6 is 0 Å². The minimum absolute atomic E-state index is 0.0459. The summed E-state index contributed by atoms with van der Waals surface area (Å²) in [5.74, 6) is 0. The number of amides is 2. The first-order chi connectivity index (χ1) is 11.8. The minimum Gasteiger partial charge on any atom is -0.361 e. The quantitative estimate of drug-likeness (QED) is 0.719. The number of carbonyl (C=O) groups is 1. The Labute approximate surface area is 140 Å². The van der Waals surface area contributed by atoms with Crippen molar-refractivity contribution >= 4 is 28.2 Å². The van der Waals surface area contributed by atoms with Crippen molar-refractivity contribution in [2.24, 2.45) is 0 Å². The molecule has 2 heterocycles. The Balaban J connectivity index is 1.48. The Kier molecular flexibility index (Phi) is 3.79. The molecular weight excluding hydrogens is 298 g/mol. The number of nitrogens with zero attached hydrogens (tertiary/aromatic N) is 1. The van der Waals surface area contributed by atoms with E-state index in [2.05, 4.69) is 40.8 Å². The summed E-state index contributed by atoms with van der Waals surface area (Å²) in [7, 11) is 0. The fraction of sp³-hybridized carbons (Fsp3) is 0.150. The molecule has 0 saturated carbocycles. The SMILES string of the molecule is O=C(Nc1ccccc1)N1CC=C(c2c[nH]c3ccccc23)CC1. The Morgan fingerprint density at radius 1 is 1.04 bits per heavy atom. The zero-order valence-corrected chi connectivity index (χ0v) is 13.3. The zero-order chi connectivity index (χ0) is 16.4. The molecule has 0 aliphatic carbocycles. The second-order valence-electron chi connectivity index (χ2n) is 5.97. The summed E-state index contributed by atoms with van der Waals surface area (Å²) < 4.78 is 0. The number of hydrogen-bond acceptors (Lipinski definition) is 1. The van der Waals surface area contributed by atoms with E-state index in [0.717, 1.165) is 24.2 Å². The lowest BCUT2D eigenvalue weighted by Gasteiger charge is -2.26. The van der Waals surface area contributed by atoms with Crippen molar-refractivity contribution in [1.29, 1.82) is 0 Å². The summed E-state index contributed by atoms with van der Waals surface area (Å²) in [6.07, 6.45) is 5.09. The number of H-pyrrole nitrogens is 1. The third kappa shape index (κ3) is 2.78. The van der Waals surface area contributed by atoms with Gasteiger partial charge in [0.25, 0.3) is 0 Å². The third-order valence-corrected chi connectivity index (χ3v) is 4.46. The molecule has 0 spiro atoms. The number of rotatable bonds is 2. The van der Waals surface area contributed by atoms with Gasteiger partial charge in [0.1, 0.15) is 0 Å². The van der Waals surface area contributed by atoms with Crippen LogP contribution in [-0.4, -0.2) is 29.0 Å². The van der Waals surface area contributed by atoms with Crippen LogP contribution in [0.25, 0.3) is 16.5 Å². The highest BCUT2D eigenvalue weighted by atomic mass is 16.2. The van der Waals surface area contributed by atoms with E-state index in [1.165, 1.54) is 16.5 Å². The number of anilines is 1. The summed E-state index contributed by atoms with van der Waals surface area (Å²) in [5, 5.41) is 4.18. The lowest BCUT2D eigenvalue weighted by molar-refractivity contribution is 0.217. The number of hydrogen-bond donors (Lipinski definition) is 2. The molecule has 0 radical (unpaired) electrons. The van der Waals surface area contributed by atoms with Gasteiger partial charge in [0.05, 0.1) is 0 Å². The Morgan fingerprint density at radius 3 is 2.62 bits per heavy atom. The molecule has 2 N–H and O–H groups in total. The second kappa shape index (κ2) is 6.24. The largest absolute Gasteiger partial charge is 0.361 e. The lowest BCUT2D eigenvalue weighted by atomic mass is 9.99.